The van der Waals surface area contributed by atoms with E-state index in [4.69, 9.17) is 37.9 Å². The lowest BCUT2D eigenvalue weighted by Crippen LogP contribution is -2.50. The topological polar surface area (TPSA) is 166 Å². The molecule has 15 heteroatoms. The fraction of sp³-hybridized carbons (Fsp3) is 0.417. The summed E-state index contributed by atoms with van der Waals surface area (Å²) in [6.07, 6.45) is 2.59. The van der Waals surface area contributed by atoms with Gasteiger partial charge in [0.05, 0.1) is 73.9 Å². The second kappa shape index (κ2) is 18.4. The summed E-state index contributed by atoms with van der Waals surface area (Å²) >= 11 is 0. The molecule has 0 saturated carbocycles. The second-order valence-corrected chi connectivity index (χ2v) is 11.6. The van der Waals surface area contributed by atoms with E-state index in [0.717, 1.165) is 17.5 Å². The van der Waals surface area contributed by atoms with Gasteiger partial charge in [0.1, 0.15) is 5.75 Å². The fourth-order valence-electron chi connectivity index (χ4n) is 5.92. The van der Waals surface area contributed by atoms with Gasteiger partial charge in [0.2, 0.25) is 0 Å². The van der Waals surface area contributed by atoms with Crippen LogP contribution in [-0.4, -0.2) is 104 Å². The fourth-order valence-corrected chi connectivity index (χ4v) is 5.92. The van der Waals surface area contributed by atoms with Crippen LogP contribution in [0.25, 0.3) is 0 Å². The minimum atomic E-state index is -1.05. The molecule has 15 nitrogen and oxygen atoms in total. The maximum Gasteiger partial charge on any atom is 0.407 e. The van der Waals surface area contributed by atoms with Crippen LogP contribution in [-0.2, 0) is 11.3 Å². The quantitative estimate of drug-likeness (QED) is 0.141. The van der Waals surface area contributed by atoms with Crippen molar-refractivity contribution in [1.82, 2.24) is 24.8 Å². The van der Waals surface area contributed by atoms with E-state index in [1.807, 2.05) is 54.6 Å². The number of piperidine rings is 1. The van der Waals surface area contributed by atoms with Gasteiger partial charge in [0, 0.05) is 31.3 Å². The van der Waals surface area contributed by atoms with Crippen molar-refractivity contribution in [1.29, 1.82) is 0 Å². The van der Waals surface area contributed by atoms with Crippen LogP contribution in [0.1, 0.15) is 23.5 Å². The van der Waals surface area contributed by atoms with Gasteiger partial charge in [-0.25, -0.2) is 4.79 Å². The highest BCUT2D eigenvalue weighted by atomic mass is 16.5. The zero-order valence-electron chi connectivity index (χ0n) is 29.1. The smallest absolute Gasteiger partial charge is 0.407 e. The summed E-state index contributed by atoms with van der Waals surface area (Å²) in [5.74, 6) is 1.01. The van der Waals surface area contributed by atoms with Crippen LogP contribution in [0.15, 0.2) is 67.0 Å². The Labute approximate surface area is 296 Å². The summed E-state index contributed by atoms with van der Waals surface area (Å²) in [6.45, 7) is 2.25. The number of amides is 1. The molecule has 2 aromatic heterocycles. The number of rotatable bonds is 18. The molecule has 3 heterocycles. The molecule has 3 atom stereocenters. The SMILES string of the molecule is COc1cnc(OC[C@@H]2CN(C(=O)O)C[C@H](COc3ncc(OC)c(OC)n3)[C@H]2c2ccc(OCCCOCc3ccccc3)cc2)nc1OC. The van der Waals surface area contributed by atoms with E-state index in [1.165, 1.54) is 45.7 Å². The van der Waals surface area contributed by atoms with E-state index in [2.05, 4.69) is 19.9 Å². The summed E-state index contributed by atoms with van der Waals surface area (Å²) < 4.78 is 45.0. The number of ether oxygens (including phenoxy) is 8. The van der Waals surface area contributed by atoms with E-state index in [9.17, 15) is 9.90 Å². The normalized spacial score (nSPS) is 16.9. The number of carboxylic acid groups (broad SMARTS) is 1. The second-order valence-electron chi connectivity index (χ2n) is 11.6. The first-order chi connectivity index (χ1) is 24.9. The highest BCUT2D eigenvalue weighted by molar-refractivity contribution is 5.65. The molecule has 1 fully saturated rings. The molecule has 272 valence electrons. The molecule has 1 aliphatic heterocycles. The number of methoxy groups -OCH3 is 4. The number of carbonyl (C=O) groups is 1. The van der Waals surface area contributed by atoms with Crippen LogP contribution in [0.2, 0.25) is 0 Å². The maximum atomic E-state index is 12.3. The van der Waals surface area contributed by atoms with E-state index in [-0.39, 0.29) is 67.8 Å². The number of likely N-dealkylation sites (tertiary alicyclic amines) is 1. The monoisotopic (exact) mass is 705 g/mol. The van der Waals surface area contributed by atoms with Gasteiger partial charge in [0.15, 0.2) is 11.5 Å². The molecule has 51 heavy (non-hydrogen) atoms. The molecule has 0 radical (unpaired) electrons. The lowest BCUT2D eigenvalue weighted by atomic mass is 9.74. The Morgan fingerprint density at radius 1 is 0.745 bits per heavy atom. The molecule has 1 saturated heterocycles. The summed E-state index contributed by atoms with van der Waals surface area (Å²) in [7, 11) is 5.91. The summed E-state index contributed by atoms with van der Waals surface area (Å²) in [5.41, 5.74) is 2.09. The van der Waals surface area contributed by atoms with Crippen molar-refractivity contribution in [2.24, 2.45) is 11.8 Å². The van der Waals surface area contributed by atoms with E-state index in [0.29, 0.717) is 37.1 Å². The lowest BCUT2D eigenvalue weighted by molar-refractivity contribution is 0.0439. The van der Waals surface area contributed by atoms with Crippen molar-refractivity contribution in [2.45, 2.75) is 18.9 Å². The highest BCUT2D eigenvalue weighted by Crippen LogP contribution is 2.39. The van der Waals surface area contributed by atoms with E-state index >= 15 is 0 Å². The van der Waals surface area contributed by atoms with Crippen LogP contribution in [0.3, 0.4) is 0 Å². The molecule has 0 bridgehead atoms. The standard InChI is InChI=1S/C36H43N5O10/c1-44-29-17-37-34(39-32(29)46-3)50-22-26-19-41(36(42)43)20-27(23-51-35-38-18-30(45-2)33(40-35)47-4)31(26)25-11-13-28(14-12-25)49-16-8-15-48-21-24-9-6-5-7-10-24/h5-7,9-14,17-18,26-27,31H,8,15-16,19-23H2,1-4H3,(H,42,43)/t26-,27+,31-. The van der Waals surface area contributed by atoms with Crippen LogP contribution in [0.5, 0.6) is 41.0 Å². The minimum absolute atomic E-state index is 0.0712. The lowest BCUT2D eigenvalue weighted by Gasteiger charge is -2.42. The van der Waals surface area contributed by atoms with Gasteiger partial charge < -0.3 is 47.9 Å². The number of benzene rings is 2. The first-order valence-corrected chi connectivity index (χ1v) is 16.4. The number of nitrogens with zero attached hydrogens (tertiary/aromatic N) is 5. The van der Waals surface area contributed by atoms with Gasteiger partial charge in [-0.15, -0.1) is 0 Å². The molecule has 1 aliphatic rings. The van der Waals surface area contributed by atoms with Crippen molar-refractivity contribution < 1.29 is 47.8 Å². The summed E-state index contributed by atoms with van der Waals surface area (Å²) in [4.78, 5) is 30.8. The Bertz CT molecular complexity index is 1610. The largest absolute Gasteiger partial charge is 0.494 e. The van der Waals surface area contributed by atoms with Crippen LogP contribution >= 0.6 is 0 Å². The van der Waals surface area contributed by atoms with Gasteiger partial charge in [0.25, 0.3) is 11.8 Å². The van der Waals surface area contributed by atoms with Gasteiger partial charge in [-0.3, -0.25) is 0 Å². The van der Waals surface area contributed by atoms with Gasteiger partial charge in [-0.2, -0.15) is 19.9 Å². The molecular formula is C36H43N5O10. The average molecular weight is 706 g/mol. The third-order valence-electron chi connectivity index (χ3n) is 8.35. The van der Waals surface area contributed by atoms with Gasteiger partial charge in [-0.1, -0.05) is 42.5 Å². The maximum absolute atomic E-state index is 12.3. The molecule has 5 rings (SSSR count). The van der Waals surface area contributed by atoms with Crippen molar-refractivity contribution in [3.8, 4) is 41.0 Å². The van der Waals surface area contributed by atoms with E-state index < -0.39 is 6.09 Å². The summed E-state index contributed by atoms with van der Waals surface area (Å²) in [6, 6.07) is 18.0. The first kappa shape index (κ1) is 36.7. The molecule has 0 spiro atoms. The molecule has 0 aliphatic carbocycles. The van der Waals surface area contributed by atoms with Crippen molar-refractivity contribution in [2.75, 3.05) is 68.0 Å². The Morgan fingerprint density at radius 3 is 1.82 bits per heavy atom. The molecule has 0 unspecified atom stereocenters. The number of hydrogen-bond acceptors (Lipinski definition) is 13. The van der Waals surface area contributed by atoms with Crippen molar-refractivity contribution in [3.05, 3.63) is 78.1 Å². The predicted molar refractivity (Wildman–Crippen MR) is 183 cm³/mol. The third-order valence-corrected chi connectivity index (χ3v) is 8.35. The Morgan fingerprint density at radius 2 is 1.31 bits per heavy atom. The average Bonchev–Trinajstić information content (AvgIpc) is 3.17. The minimum Gasteiger partial charge on any atom is -0.494 e. The highest BCUT2D eigenvalue weighted by Gasteiger charge is 2.41. The number of aromatic nitrogens is 4. The first-order valence-electron chi connectivity index (χ1n) is 16.4. The zero-order valence-corrected chi connectivity index (χ0v) is 29.1. The molecule has 4 aromatic rings. The molecule has 2 aromatic carbocycles. The van der Waals surface area contributed by atoms with Crippen molar-refractivity contribution in [3.63, 3.8) is 0 Å². The Balaban J connectivity index is 1.31. The van der Waals surface area contributed by atoms with Gasteiger partial charge in [-0.05, 0) is 29.2 Å². The van der Waals surface area contributed by atoms with Crippen molar-refractivity contribution >= 4 is 6.09 Å². The Hall–Kier alpha value is -5.57. The summed E-state index contributed by atoms with van der Waals surface area (Å²) in [5, 5.41) is 10.1. The number of hydrogen-bond donors (Lipinski definition) is 1. The third kappa shape index (κ3) is 10.0. The molecule has 1 amide bonds. The van der Waals surface area contributed by atoms with Crippen LogP contribution < -0.4 is 33.2 Å². The predicted octanol–water partition coefficient (Wildman–Crippen LogP) is 4.75. The van der Waals surface area contributed by atoms with Crippen LogP contribution in [0.4, 0.5) is 4.79 Å². The van der Waals surface area contributed by atoms with Gasteiger partial charge >= 0.3 is 18.1 Å². The zero-order chi connectivity index (χ0) is 36.0. The molecule has 1 N–H and O–H groups in total. The van der Waals surface area contributed by atoms with E-state index in [1.54, 1.807) is 0 Å². The Kier molecular flexibility index (Phi) is 13.3. The molecular weight excluding hydrogens is 662 g/mol. The van der Waals surface area contributed by atoms with Crippen LogP contribution in [0, 0.1) is 11.8 Å².